The molecule has 1 aromatic rings. The molecule has 0 radical (unpaired) electrons. The van der Waals surface area contributed by atoms with Crippen LogP contribution in [0.5, 0.6) is 0 Å². The smallest absolute Gasteiger partial charge is 0.134 e. The Morgan fingerprint density at radius 3 is 2.63 bits per heavy atom. The molecule has 1 aliphatic carbocycles. The Balaban J connectivity index is 2.09. The SMILES string of the molecule is CCNc1cc(N(C)CC2CCCC2)nc(CC)n1. The van der Waals surface area contributed by atoms with E-state index in [0.717, 1.165) is 42.9 Å². The van der Waals surface area contributed by atoms with Crippen molar-refractivity contribution < 1.29 is 0 Å². The maximum absolute atomic E-state index is 4.65. The summed E-state index contributed by atoms with van der Waals surface area (Å²) in [6, 6.07) is 2.07. The molecule has 4 nitrogen and oxygen atoms in total. The molecule has 4 heteroatoms. The van der Waals surface area contributed by atoms with E-state index < -0.39 is 0 Å². The molecule has 1 N–H and O–H groups in total. The van der Waals surface area contributed by atoms with Gasteiger partial charge in [0, 0.05) is 32.6 Å². The van der Waals surface area contributed by atoms with Crippen LogP contribution in [0.1, 0.15) is 45.4 Å². The Morgan fingerprint density at radius 2 is 2.00 bits per heavy atom. The van der Waals surface area contributed by atoms with Crippen molar-refractivity contribution in [2.24, 2.45) is 5.92 Å². The zero-order valence-electron chi connectivity index (χ0n) is 12.4. The molecule has 0 aromatic carbocycles. The lowest BCUT2D eigenvalue weighted by Crippen LogP contribution is -2.25. The van der Waals surface area contributed by atoms with E-state index in [2.05, 4.69) is 47.1 Å². The lowest BCUT2D eigenvalue weighted by Gasteiger charge is -2.23. The lowest BCUT2D eigenvalue weighted by atomic mass is 10.1. The van der Waals surface area contributed by atoms with Gasteiger partial charge in [0.15, 0.2) is 0 Å². The quantitative estimate of drug-likeness (QED) is 0.855. The van der Waals surface area contributed by atoms with Crippen LogP contribution in [0.3, 0.4) is 0 Å². The highest BCUT2D eigenvalue weighted by Crippen LogP contribution is 2.26. The van der Waals surface area contributed by atoms with E-state index in [4.69, 9.17) is 0 Å². The van der Waals surface area contributed by atoms with Gasteiger partial charge in [-0.15, -0.1) is 0 Å². The van der Waals surface area contributed by atoms with Gasteiger partial charge in [-0.1, -0.05) is 19.8 Å². The van der Waals surface area contributed by atoms with Gasteiger partial charge >= 0.3 is 0 Å². The fourth-order valence-electron chi connectivity index (χ4n) is 2.78. The standard InChI is InChI=1S/C15H26N4/c1-4-13-17-14(16-5-2)10-15(18-13)19(3)11-12-8-6-7-9-12/h10,12H,4-9,11H2,1-3H3,(H,16,17,18). The van der Waals surface area contributed by atoms with E-state index in [-0.39, 0.29) is 0 Å². The van der Waals surface area contributed by atoms with Crippen LogP contribution in [-0.4, -0.2) is 30.1 Å². The van der Waals surface area contributed by atoms with Crippen LogP contribution in [0.25, 0.3) is 0 Å². The van der Waals surface area contributed by atoms with E-state index in [0.29, 0.717) is 0 Å². The van der Waals surface area contributed by atoms with Gasteiger partial charge in [-0.25, -0.2) is 9.97 Å². The number of rotatable bonds is 6. The average Bonchev–Trinajstić information content (AvgIpc) is 2.91. The summed E-state index contributed by atoms with van der Waals surface area (Å²) < 4.78 is 0. The highest BCUT2D eigenvalue weighted by atomic mass is 15.2. The molecule has 1 aromatic heterocycles. The van der Waals surface area contributed by atoms with Crippen molar-refractivity contribution in [3.63, 3.8) is 0 Å². The van der Waals surface area contributed by atoms with Gasteiger partial charge in [0.25, 0.3) is 0 Å². The van der Waals surface area contributed by atoms with Crippen LogP contribution in [0.15, 0.2) is 6.07 Å². The summed E-state index contributed by atoms with van der Waals surface area (Å²) in [6.45, 7) is 6.21. The summed E-state index contributed by atoms with van der Waals surface area (Å²) in [6.07, 6.45) is 6.41. The van der Waals surface area contributed by atoms with Gasteiger partial charge in [0.2, 0.25) is 0 Å². The maximum atomic E-state index is 4.65. The first-order chi connectivity index (χ1) is 9.22. The first-order valence-electron chi connectivity index (χ1n) is 7.55. The zero-order chi connectivity index (χ0) is 13.7. The first kappa shape index (κ1) is 14.1. The van der Waals surface area contributed by atoms with Gasteiger partial charge in [0.1, 0.15) is 17.5 Å². The van der Waals surface area contributed by atoms with Gasteiger partial charge in [-0.05, 0) is 25.7 Å². The minimum absolute atomic E-state index is 0.840. The number of nitrogens with one attached hydrogen (secondary N) is 1. The number of nitrogens with zero attached hydrogens (tertiary/aromatic N) is 3. The van der Waals surface area contributed by atoms with Gasteiger partial charge in [0.05, 0.1) is 0 Å². The lowest BCUT2D eigenvalue weighted by molar-refractivity contribution is 0.544. The highest BCUT2D eigenvalue weighted by Gasteiger charge is 2.18. The molecule has 2 rings (SSSR count). The third-order valence-electron chi connectivity index (χ3n) is 3.83. The first-order valence-corrected chi connectivity index (χ1v) is 7.55. The molecule has 1 heterocycles. The second-order valence-corrected chi connectivity index (χ2v) is 5.44. The van der Waals surface area contributed by atoms with Crippen LogP contribution in [0.4, 0.5) is 11.6 Å². The molecule has 0 atom stereocenters. The van der Waals surface area contributed by atoms with Crippen LogP contribution >= 0.6 is 0 Å². The topological polar surface area (TPSA) is 41.0 Å². The molecule has 0 unspecified atom stereocenters. The van der Waals surface area contributed by atoms with Gasteiger partial charge in [-0.2, -0.15) is 0 Å². The molecule has 106 valence electrons. The van der Waals surface area contributed by atoms with Crippen LogP contribution < -0.4 is 10.2 Å². The number of aromatic nitrogens is 2. The van der Waals surface area contributed by atoms with Crippen molar-refractivity contribution in [1.29, 1.82) is 0 Å². The molecule has 0 aliphatic heterocycles. The normalized spacial score (nSPS) is 15.7. The predicted molar refractivity (Wildman–Crippen MR) is 80.8 cm³/mol. The highest BCUT2D eigenvalue weighted by molar-refractivity contribution is 5.49. The molecule has 19 heavy (non-hydrogen) atoms. The number of anilines is 2. The molecular weight excluding hydrogens is 236 g/mol. The second kappa shape index (κ2) is 6.73. The Kier molecular flexibility index (Phi) is 5.00. The summed E-state index contributed by atoms with van der Waals surface area (Å²) in [7, 11) is 2.15. The van der Waals surface area contributed by atoms with E-state index in [1.54, 1.807) is 0 Å². The van der Waals surface area contributed by atoms with Crippen molar-refractivity contribution in [3.8, 4) is 0 Å². The Labute approximate surface area is 116 Å². The van der Waals surface area contributed by atoms with Gasteiger partial charge in [-0.3, -0.25) is 0 Å². The van der Waals surface area contributed by atoms with Gasteiger partial charge < -0.3 is 10.2 Å². The van der Waals surface area contributed by atoms with E-state index in [1.165, 1.54) is 25.7 Å². The molecule has 0 amide bonds. The van der Waals surface area contributed by atoms with Crippen molar-refractivity contribution in [2.45, 2.75) is 46.0 Å². The predicted octanol–water partition coefficient (Wildman–Crippen LogP) is 3.10. The molecule has 1 fully saturated rings. The van der Waals surface area contributed by atoms with E-state index >= 15 is 0 Å². The summed E-state index contributed by atoms with van der Waals surface area (Å²) in [4.78, 5) is 11.4. The minimum atomic E-state index is 0.840. The van der Waals surface area contributed by atoms with Crippen LogP contribution in [0, 0.1) is 5.92 Å². The zero-order valence-corrected chi connectivity index (χ0v) is 12.4. The second-order valence-electron chi connectivity index (χ2n) is 5.44. The molecule has 0 bridgehead atoms. The van der Waals surface area contributed by atoms with Crippen molar-refractivity contribution in [2.75, 3.05) is 30.4 Å². The fourth-order valence-corrected chi connectivity index (χ4v) is 2.78. The molecule has 0 saturated heterocycles. The van der Waals surface area contributed by atoms with Crippen LogP contribution in [-0.2, 0) is 6.42 Å². The Bertz CT molecular complexity index is 399. The maximum Gasteiger partial charge on any atom is 0.134 e. The average molecular weight is 262 g/mol. The summed E-state index contributed by atoms with van der Waals surface area (Å²) in [5, 5.41) is 3.29. The third kappa shape index (κ3) is 3.82. The van der Waals surface area contributed by atoms with E-state index in [9.17, 15) is 0 Å². The van der Waals surface area contributed by atoms with Crippen molar-refractivity contribution >= 4 is 11.6 Å². The van der Waals surface area contributed by atoms with Crippen molar-refractivity contribution in [1.82, 2.24) is 9.97 Å². The Hall–Kier alpha value is -1.32. The fraction of sp³-hybridized carbons (Fsp3) is 0.733. The molecule has 0 spiro atoms. The summed E-state index contributed by atoms with van der Waals surface area (Å²) >= 11 is 0. The van der Waals surface area contributed by atoms with Crippen LogP contribution in [0.2, 0.25) is 0 Å². The van der Waals surface area contributed by atoms with E-state index in [1.807, 2.05) is 0 Å². The molecular formula is C15H26N4. The molecule has 1 saturated carbocycles. The van der Waals surface area contributed by atoms with Crippen molar-refractivity contribution in [3.05, 3.63) is 11.9 Å². The summed E-state index contributed by atoms with van der Waals surface area (Å²) in [5.41, 5.74) is 0. The largest absolute Gasteiger partial charge is 0.370 e. The Morgan fingerprint density at radius 1 is 1.26 bits per heavy atom. The number of hydrogen-bond acceptors (Lipinski definition) is 4. The minimum Gasteiger partial charge on any atom is -0.370 e. The number of aryl methyl sites for hydroxylation is 1. The summed E-state index contributed by atoms with van der Waals surface area (Å²) in [5.74, 6) is 3.76. The third-order valence-corrected chi connectivity index (χ3v) is 3.83. The molecule has 1 aliphatic rings. The monoisotopic (exact) mass is 262 g/mol. The number of hydrogen-bond donors (Lipinski definition) is 1.